The van der Waals surface area contributed by atoms with Gasteiger partial charge < -0.3 is 10.0 Å². The largest absolute Gasteiger partial charge is 0.480 e. The number of nitrogens with zero attached hydrogens (tertiary/aromatic N) is 3. The minimum atomic E-state index is -1.77. The summed E-state index contributed by atoms with van der Waals surface area (Å²) in [4.78, 5) is 38.1. The molecule has 166 valence electrons. The minimum Gasteiger partial charge on any atom is -0.480 e. The highest BCUT2D eigenvalue weighted by Crippen LogP contribution is 2.24. The van der Waals surface area contributed by atoms with Gasteiger partial charge in [-0.15, -0.1) is 0 Å². The highest BCUT2D eigenvalue weighted by molar-refractivity contribution is 5.94. The molecule has 1 rings (SSSR count). The number of hydrogen-bond acceptors (Lipinski definition) is 5. The molecule has 0 aromatic carbocycles. The van der Waals surface area contributed by atoms with Gasteiger partial charge in [-0.3, -0.25) is 24.2 Å². The molecule has 1 atom stereocenters. The fraction of sp³-hybridized carbons (Fsp3) is 0.762. The van der Waals surface area contributed by atoms with Gasteiger partial charge in [-0.1, -0.05) is 19.8 Å². The number of carboxylic acid groups (broad SMARTS) is 1. The molecule has 0 aromatic rings. The number of aldehydes is 1. The third kappa shape index (κ3) is 8.92. The van der Waals surface area contributed by atoms with Gasteiger partial charge >= 0.3 is 5.97 Å². The summed E-state index contributed by atoms with van der Waals surface area (Å²) in [6, 6.07) is -0.361. The number of piperidine rings is 1. The first kappa shape index (κ1) is 27.0. The van der Waals surface area contributed by atoms with Crippen molar-refractivity contribution in [1.82, 2.24) is 14.7 Å². The number of halogens is 1. The van der Waals surface area contributed by atoms with E-state index < -0.39 is 17.2 Å². The monoisotopic (exact) mass is 413 g/mol. The molecule has 0 saturated carbocycles. The number of hydrogen-bond donors (Lipinski definition) is 1. The van der Waals surface area contributed by atoms with Crippen LogP contribution in [-0.2, 0) is 14.4 Å². The Kier molecular flexibility index (Phi) is 10.5. The maximum atomic E-state index is 13.7. The van der Waals surface area contributed by atoms with E-state index in [2.05, 4.69) is 11.8 Å². The fourth-order valence-electron chi connectivity index (χ4n) is 2.70. The second-order valence-electron chi connectivity index (χ2n) is 8.64. The Morgan fingerprint density at radius 2 is 1.66 bits per heavy atom. The van der Waals surface area contributed by atoms with Crippen LogP contribution in [0, 0.1) is 17.8 Å². The van der Waals surface area contributed by atoms with Crippen molar-refractivity contribution in [3.8, 4) is 11.8 Å². The van der Waals surface area contributed by atoms with E-state index in [9.17, 15) is 18.8 Å². The van der Waals surface area contributed by atoms with Crippen LogP contribution in [0.25, 0.3) is 0 Å². The number of carbonyl (C=O) groups excluding carboxylic acids is 2. The van der Waals surface area contributed by atoms with Gasteiger partial charge in [-0.05, 0) is 53.9 Å². The maximum absolute atomic E-state index is 13.7. The lowest BCUT2D eigenvalue weighted by Crippen LogP contribution is -2.45. The van der Waals surface area contributed by atoms with Crippen molar-refractivity contribution < 1.29 is 23.9 Å². The Bertz CT molecular complexity index is 620. The fourth-order valence-corrected chi connectivity index (χ4v) is 2.70. The first-order chi connectivity index (χ1) is 13.2. The Hall–Kier alpha value is -1.98. The molecule has 1 amide bonds. The maximum Gasteiger partial charge on any atom is 0.321 e. The van der Waals surface area contributed by atoms with Crippen molar-refractivity contribution in [3.63, 3.8) is 0 Å². The van der Waals surface area contributed by atoms with E-state index in [0.29, 0.717) is 6.29 Å². The Balaban J connectivity index is 0.000000665. The average Bonchev–Trinajstić information content (AvgIpc) is 2.59. The molecule has 0 aliphatic carbocycles. The van der Waals surface area contributed by atoms with Crippen molar-refractivity contribution in [2.75, 3.05) is 41.3 Å². The van der Waals surface area contributed by atoms with E-state index >= 15 is 0 Å². The highest BCUT2D eigenvalue weighted by atomic mass is 19.1. The number of carbonyl (C=O) groups is 3. The zero-order valence-electron chi connectivity index (χ0n) is 19.0. The highest BCUT2D eigenvalue weighted by Gasteiger charge is 2.35. The van der Waals surface area contributed by atoms with E-state index in [4.69, 9.17) is 5.11 Å². The minimum absolute atomic E-state index is 0.0565. The average molecular weight is 414 g/mol. The lowest BCUT2D eigenvalue weighted by atomic mass is 9.95. The van der Waals surface area contributed by atoms with Gasteiger partial charge in [0.05, 0.1) is 5.54 Å². The third-order valence-electron chi connectivity index (χ3n) is 5.13. The molecule has 0 bridgehead atoms. The van der Waals surface area contributed by atoms with Crippen molar-refractivity contribution >= 4 is 18.2 Å². The summed E-state index contributed by atoms with van der Waals surface area (Å²) in [5, 5.41) is 8.67. The van der Waals surface area contributed by atoms with Crippen molar-refractivity contribution in [1.29, 1.82) is 0 Å². The van der Waals surface area contributed by atoms with Gasteiger partial charge in [0.25, 0.3) is 5.91 Å². The standard InChI is InChI=1S/C14H21FN2O2.C7H15NO2/c1-13(2,16(3)4)6-5-12(19)17-9-7-14(15,11-18)8-10-17;1-5(2)6(7(9)10)8(3)4/h11H,7-10H2,1-4H3;5-6H,1-4H3,(H,9,10). The van der Waals surface area contributed by atoms with Crippen LogP contribution in [0.3, 0.4) is 0 Å². The van der Waals surface area contributed by atoms with E-state index in [0.717, 1.165) is 0 Å². The van der Waals surface area contributed by atoms with Crippen molar-refractivity contribution in [2.45, 2.75) is 57.8 Å². The van der Waals surface area contributed by atoms with Crippen LogP contribution in [0.5, 0.6) is 0 Å². The number of amides is 1. The van der Waals surface area contributed by atoms with Crippen LogP contribution >= 0.6 is 0 Å². The molecule has 29 heavy (non-hydrogen) atoms. The SMILES string of the molecule is CC(C)C(C(=O)O)N(C)C.CN(C)C(C)(C)C#CC(=O)N1CCC(F)(C=O)CC1. The van der Waals surface area contributed by atoms with Gasteiger partial charge in [0.1, 0.15) is 6.04 Å². The van der Waals surface area contributed by atoms with Crippen LogP contribution in [-0.4, -0.2) is 96.5 Å². The van der Waals surface area contributed by atoms with Crippen LogP contribution in [0.2, 0.25) is 0 Å². The number of aliphatic carboxylic acids is 1. The summed E-state index contributed by atoms with van der Waals surface area (Å²) in [5.74, 6) is 4.62. The van der Waals surface area contributed by atoms with Crippen LogP contribution in [0.4, 0.5) is 4.39 Å². The molecule has 7 nitrogen and oxygen atoms in total. The molecule has 1 heterocycles. The van der Waals surface area contributed by atoms with Gasteiger partial charge in [-0.2, -0.15) is 0 Å². The molecule has 1 saturated heterocycles. The van der Waals surface area contributed by atoms with Crippen LogP contribution < -0.4 is 0 Å². The van der Waals surface area contributed by atoms with Crippen LogP contribution in [0.15, 0.2) is 0 Å². The molecule has 1 fully saturated rings. The predicted octanol–water partition coefficient (Wildman–Crippen LogP) is 1.52. The van der Waals surface area contributed by atoms with E-state index in [1.807, 2.05) is 46.7 Å². The van der Waals surface area contributed by atoms with Crippen LogP contribution in [0.1, 0.15) is 40.5 Å². The summed E-state index contributed by atoms with van der Waals surface area (Å²) < 4.78 is 13.7. The van der Waals surface area contributed by atoms with E-state index in [-0.39, 0.29) is 43.8 Å². The molecular weight excluding hydrogens is 377 g/mol. The summed E-state index contributed by atoms with van der Waals surface area (Å²) >= 11 is 0. The zero-order chi connectivity index (χ0) is 23.0. The molecule has 0 aromatic heterocycles. The Morgan fingerprint density at radius 1 is 1.17 bits per heavy atom. The number of rotatable bonds is 5. The molecule has 1 unspecified atom stereocenters. The second-order valence-corrected chi connectivity index (χ2v) is 8.64. The number of alkyl halides is 1. The van der Waals surface area contributed by atoms with Gasteiger partial charge in [0.2, 0.25) is 0 Å². The summed E-state index contributed by atoms with van der Waals surface area (Å²) in [5.41, 5.74) is -2.16. The molecular formula is C21H36FN3O4. The van der Waals surface area contributed by atoms with E-state index in [1.54, 1.807) is 19.0 Å². The topological polar surface area (TPSA) is 81.2 Å². The first-order valence-corrected chi connectivity index (χ1v) is 9.71. The molecule has 0 radical (unpaired) electrons. The molecule has 0 spiro atoms. The molecule has 1 aliphatic heterocycles. The Morgan fingerprint density at radius 3 is 1.93 bits per heavy atom. The molecule has 1 N–H and O–H groups in total. The van der Waals surface area contributed by atoms with Gasteiger partial charge in [0.15, 0.2) is 12.0 Å². The quantitative estimate of drug-likeness (QED) is 0.544. The number of likely N-dealkylation sites (N-methyl/N-ethyl adjacent to an activating group) is 1. The summed E-state index contributed by atoms with van der Waals surface area (Å²) in [6.45, 7) is 8.12. The summed E-state index contributed by atoms with van der Waals surface area (Å²) in [7, 11) is 7.33. The number of likely N-dealkylation sites (tertiary alicyclic amines) is 1. The van der Waals surface area contributed by atoms with Gasteiger partial charge in [-0.25, -0.2) is 4.39 Å². The molecule has 1 aliphatic rings. The lowest BCUT2D eigenvalue weighted by Gasteiger charge is -2.32. The summed E-state index contributed by atoms with van der Waals surface area (Å²) in [6.07, 6.45) is 0.456. The Labute approximate surface area is 174 Å². The molecule has 8 heteroatoms. The van der Waals surface area contributed by atoms with Crippen molar-refractivity contribution in [3.05, 3.63) is 0 Å². The number of carboxylic acids is 1. The zero-order valence-corrected chi connectivity index (χ0v) is 19.0. The third-order valence-corrected chi connectivity index (χ3v) is 5.13. The lowest BCUT2D eigenvalue weighted by molar-refractivity contribution is -0.143. The van der Waals surface area contributed by atoms with Crippen molar-refractivity contribution in [2.24, 2.45) is 5.92 Å². The van der Waals surface area contributed by atoms with E-state index in [1.165, 1.54) is 4.90 Å². The first-order valence-electron chi connectivity index (χ1n) is 9.71. The smallest absolute Gasteiger partial charge is 0.321 e. The van der Waals surface area contributed by atoms with Gasteiger partial charge in [0, 0.05) is 25.9 Å². The normalized spacial score (nSPS) is 17.2. The predicted molar refractivity (Wildman–Crippen MR) is 111 cm³/mol. The second kappa shape index (κ2) is 11.3.